The van der Waals surface area contributed by atoms with Gasteiger partial charge in [0.2, 0.25) is 10.0 Å². The van der Waals surface area contributed by atoms with Gasteiger partial charge in [-0.2, -0.15) is 5.10 Å². The second kappa shape index (κ2) is 7.39. The first-order valence-corrected chi connectivity index (χ1v) is 10.0. The summed E-state index contributed by atoms with van der Waals surface area (Å²) in [7, 11) is -3.22. The molecule has 1 heterocycles. The summed E-state index contributed by atoms with van der Waals surface area (Å²) in [6, 6.07) is 17.2. The Morgan fingerprint density at radius 2 is 1.76 bits per heavy atom. The maximum Gasteiger partial charge on any atom is 0.208 e. The Morgan fingerprint density at radius 1 is 1.08 bits per heavy atom. The van der Waals surface area contributed by atoms with Crippen LogP contribution in [0.15, 0.2) is 60.8 Å². The molecule has 0 saturated carbocycles. The van der Waals surface area contributed by atoms with E-state index in [4.69, 9.17) is 16.7 Å². The maximum atomic E-state index is 11.3. The molecule has 2 aromatic carbocycles. The van der Waals surface area contributed by atoms with Crippen LogP contribution in [-0.4, -0.2) is 31.0 Å². The molecule has 0 unspecified atom stereocenters. The molecule has 25 heavy (non-hydrogen) atoms. The molecule has 0 radical (unpaired) electrons. The minimum atomic E-state index is -3.22. The number of rotatable bonds is 6. The first-order valence-electron chi connectivity index (χ1n) is 7.77. The molecule has 130 valence electrons. The van der Waals surface area contributed by atoms with Crippen LogP contribution in [0.25, 0.3) is 16.9 Å². The lowest BCUT2D eigenvalue weighted by atomic mass is 10.1. The third-order valence-electron chi connectivity index (χ3n) is 3.69. The molecule has 1 aromatic heterocycles. The smallest absolute Gasteiger partial charge is 0.208 e. The number of hydrogen-bond donors (Lipinski definition) is 1. The van der Waals surface area contributed by atoms with Crippen LogP contribution < -0.4 is 4.72 Å². The second-order valence-electron chi connectivity index (χ2n) is 5.71. The highest BCUT2D eigenvalue weighted by atomic mass is 35.5. The van der Waals surface area contributed by atoms with E-state index in [0.717, 1.165) is 28.8 Å². The average Bonchev–Trinajstić information content (AvgIpc) is 2.99. The van der Waals surface area contributed by atoms with Gasteiger partial charge in [0, 0.05) is 23.3 Å². The lowest BCUT2D eigenvalue weighted by molar-refractivity contribution is 0.588. The highest BCUT2D eigenvalue weighted by molar-refractivity contribution is 7.88. The number of nitrogens with zero attached hydrogens (tertiary/aromatic N) is 2. The van der Waals surface area contributed by atoms with Gasteiger partial charge in [-0.05, 0) is 36.2 Å². The van der Waals surface area contributed by atoms with Gasteiger partial charge in [-0.3, -0.25) is 0 Å². The van der Waals surface area contributed by atoms with Crippen LogP contribution in [-0.2, 0) is 16.4 Å². The third kappa shape index (κ3) is 4.69. The number of aromatic nitrogens is 2. The van der Waals surface area contributed by atoms with Crippen LogP contribution >= 0.6 is 11.6 Å². The van der Waals surface area contributed by atoms with Crippen molar-refractivity contribution in [3.05, 3.63) is 71.4 Å². The van der Waals surface area contributed by atoms with E-state index in [1.54, 1.807) is 4.68 Å². The normalized spacial score (nSPS) is 11.6. The molecule has 1 N–H and O–H groups in total. The first kappa shape index (κ1) is 17.7. The van der Waals surface area contributed by atoms with E-state index in [2.05, 4.69) is 4.72 Å². The molecule has 7 heteroatoms. The highest BCUT2D eigenvalue weighted by Crippen LogP contribution is 2.25. The highest BCUT2D eigenvalue weighted by Gasteiger charge is 2.13. The first-order chi connectivity index (χ1) is 11.9. The quantitative estimate of drug-likeness (QED) is 0.719. The standard InChI is InChI=1S/C18H18ClN3O2S/c1-25(23,24)20-12-11-15-13-22(17-5-3-2-4-6-17)21-18(15)14-7-9-16(19)10-8-14/h2-10,13,20H,11-12H2,1H3. The van der Waals surface area contributed by atoms with E-state index in [1.807, 2.05) is 60.8 Å². The van der Waals surface area contributed by atoms with Crippen LogP contribution in [0.4, 0.5) is 0 Å². The molecule has 0 fully saturated rings. The van der Waals surface area contributed by atoms with Gasteiger partial charge in [-0.1, -0.05) is 41.9 Å². The molecule has 0 aliphatic rings. The second-order valence-corrected chi connectivity index (χ2v) is 7.98. The number of hydrogen-bond acceptors (Lipinski definition) is 3. The van der Waals surface area contributed by atoms with E-state index >= 15 is 0 Å². The van der Waals surface area contributed by atoms with Gasteiger partial charge in [0.05, 0.1) is 17.6 Å². The fourth-order valence-corrected chi connectivity index (χ4v) is 3.13. The number of benzene rings is 2. The summed E-state index contributed by atoms with van der Waals surface area (Å²) in [4.78, 5) is 0. The van der Waals surface area contributed by atoms with E-state index in [0.29, 0.717) is 18.0 Å². The molecule has 0 saturated heterocycles. The molecule has 0 aliphatic heterocycles. The van der Waals surface area contributed by atoms with Crippen molar-refractivity contribution in [1.29, 1.82) is 0 Å². The van der Waals surface area contributed by atoms with Gasteiger partial charge in [0.25, 0.3) is 0 Å². The van der Waals surface area contributed by atoms with Crippen LogP contribution in [0.1, 0.15) is 5.56 Å². The molecular formula is C18H18ClN3O2S. The zero-order chi connectivity index (χ0) is 17.9. The molecule has 0 atom stereocenters. The van der Waals surface area contributed by atoms with Gasteiger partial charge in [-0.15, -0.1) is 0 Å². The van der Waals surface area contributed by atoms with Crippen molar-refractivity contribution in [3.63, 3.8) is 0 Å². The zero-order valence-corrected chi connectivity index (χ0v) is 15.3. The van der Waals surface area contributed by atoms with Gasteiger partial charge >= 0.3 is 0 Å². The van der Waals surface area contributed by atoms with E-state index in [-0.39, 0.29) is 0 Å². The van der Waals surface area contributed by atoms with Gasteiger partial charge in [0.15, 0.2) is 0 Å². The van der Waals surface area contributed by atoms with Crippen molar-refractivity contribution in [2.45, 2.75) is 6.42 Å². The Kier molecular flexibility index (Phi) is 5.22. The minimum Gasteiger partial charge on any atom is -0.240 e. The largest absolute Gasteiger partial charge is 0.240 e. The van der Waals surface area contributed by atoms with Crippen LogP contribution in [0, 0.1) is 0 Å². The Bertz CT molecular complexity index is 952. The summed E-state index contributed by atoms with van der Waals surface area (Å²) in [6.07, 6.45) is 3.63. The summed E-state index contributed by atoms with van der Waals surface area (Å²) in [6.45, 7) is 0.319. The minimum absolute atomic E-state index is 0.319. The molecule has 3 rings (SSSR count). The van der Waals surface area contributed by atoms with E-state index in [1.165, 1.54) is 0 Å². The van der Waals surface area contributed by atoms with Gasteiger partial charge in [0.1, 0.15) is 0 Å². The van der Waals surface area contributed by atoms with Crippen LogP contribution in [0.2, 0.25) is 5.02 Å². The van der Waals surface area contributed by atoms with Crippen LogP contribution in [0.5, 0.6) is 0 Å². The summed E-state index contributed by atoms with van der Waals surface area (Å²) >= 11 is 5.97. The van der Waals surface area contributed by atoms with Crippen molar-refractivity contribution in [1.82, 2.24) is 14.5 Å². The summed E-state index contributed by atoms with van der Waals surface area (Å²) in [5, 5.41) is 5.35. The SMILES string of the molecule is CS(=O)(=O)NCCc1cn(-c2ccccc2)nc1-c1ccc(Cl)cc1. The average molecular weight is 376 g/mol. The molecule has 3 aromatic rings. The number of para-hydroxylation sites is 1. The lowest BCUT2D eigenvalue weighted by Gasteiger charge is -2.03. The van der Waals surface area contributed by atoms with Crippen LogP contribution in [0.3, 0.4) is 0 Å². The predicted molar refractivity (Wildman–Crippen MR) is 101 cm³/mol. The fraction of sp³-hybridized carbons (Fsp3) is 0.167. The topological polar surface area (TPSA) is 64.0 Å². The molecule has 5 nitrogen and oxygen atoms in total. The van der Waals surface area contributed by atoms with Crippen molar-refractivity contribution < 1.29 is 8.42 Å². The lowest BCUT2D eigenvalue weighted by Crippen LogP contribution is -2.24. The fourth-order valence-electron chi connectivity index (χ4n) is 2.53. The number of halogens is 1. The maximum absolute atomic E-state index is 11.3. The monoisotopic (exact) mass is 375 g/mol. The van der Waals surface area contributed by atoms with Gasteiger partial charge in [-0.25, -0.2) is 17.8 Å². The van der Waals surface area contributed by atoms with Crippen molar-refractivity contribution in [2.24, 2.45) is 0 Å². The summed E-state index contributed by atoms with van der Waals surface area (Å²) in [5.74, 6) is 0. The molecule has 0 bridgehead atoms. The Hall–Kier alpha value is -2.15. The Labute approximate surface area is 152 Å². The molecule has 0 amide bonds. The van der Waals surface area contributed by atoms with Crippen molar-refractivity contribution in [2.75, 3.05) is 12.8 Å². The summed E-state index contributed by atoms with van der Waals surface area (Å²) in [5.41, 5.74) is 3.66. The number of sulfonamides is 1. The van der Waals surface area contributed by atoms with Gasteiger partial charge < -0.3 is 0 Å². The van der Waals surface area contributed by atoms with Crippen molar-refractivity contribution in [3.8, 4) is 16.9 Å². The molecule has 0 spiro atoms. The molecular weight excluding hydrogens is 358 g/mol. The van der Waals surface area contributed by atoms with E-state index < -0.39 is 10.0 Å². The van der Waals surface area contributed by atoms with Crippen molar-refractivity contribution >= 4 is 21.6 Å². The third-order valence-corrected chi connectivity index (χ3v) is 4.67. The summed E-state index contributed by atoms with van der Waals surface area (Å²) < 4.78 is 26.9. The number of nitrogens with one attached hydrogen (secondary N) is 1. The Morgan fingerprint density at radius 3 is 2.40 bits per heavy atom. The zero-order valence-electron chi connectivity index (χ0n) is 13.7. The Balaban J connectivity index is 1.95. The molecule has 0 aliphatic carbocycles. The van der Waals surface area contributed by atoms with E-state index in [9.17, 15) is 8.42 Å². The predicted octanol–water partition coefficient (Wildman–Crippen LogP) is 3.28.